The molecule has 8 nitrogen and oxygen atoms in total. The summed E-state index contributed by atoms with van der Waals surface area (Å²) in [4.78, 5) is 28.5. The van der Waals surface area contributed by atoms with E-state index in [0.717, 1.165) is 10.2 Å². The lowest BCUT2D eigenvalue weighted by Crippen LogP contribution is -2.19. The van der Waals surface area contributed by atoms with E-state index in [0.29, 0.717) is 36.0 Å². The van der Waals surface area contributed by atoms with Crippen LogP contribution in [0.1, 0.15) is 30.1 Å². The van der Waals surface area contributed by atoms with E-state index >= 15 is 0 Å². The Labute approximate surface area is 159 Å². The van der Waals surface area contributed by atoms with Crippen molar-refractivity contribution in [3.05, 3.63) is 40.5 Å². The van der Waals surface area contributed by atoms with Gasteiger partial charge in [0.15, 0.2) is 10.5 Å². The number of aryl methyl sites for hydroxylation is 1. The smallest absolute Gasteiger partial charge is 0.301 e. The first-order valence-corrected chi connectivity index (χ1v) is 9.30. The van der Waals surface area contributed by atoms with Crippen molar-refractivity contribution in [2.45, 2.75) is 27.3 Å². The largest absolute Gasteiger partial charge is 0.380 e. The van der Waals surface area contributed by atoms with Gasteiger partial charge < -0.3 is 19.1 Å². The Morgan fingerprint density at radius 2 is 2.19 bits per heavy atom. The average Bonchev–Trinajstić information content (AvgIpc) is 3.18. The van der Waals surface area contributed by atoms with Crippen LogP contribution in [0.25, 0.3) is 10.2 Å². The fraction of sp³-hybridized carbons (Fsp3) is 0.333. The lowest BCUT2D eigenvalue weighted by Gasteiger charge is -2.06. The highest BCUT2D eigenvalue weighted by molar-refractivity contribution is 7.16. The third kappa shape index (κ3) is 4.50. The maximum absolute atomic E-state index is 12.4. The van der Waals surface area contributed by atoms with E-state index in [9.17, 15) is 9.59 Å². The minimum absolute atomic E-state index is 0.142. The first kappa shape index (κ1) is 19.0. The second-order valence-corrected chi connectivity index (χ2v) is 6.85. The number of hydrogen-bond acceptors (Lipinski definition) is 6. The molecule has 0 aliphatic rings. The Balaban J connectivity index is 2.05. The first-order valence-electron chi connectivity index (χ1n) is 8.49. The Bertz CT molecular complexity index is 1050. The predicted octanol–water partition coefficient (Wildman–Crippen LogP) is 2.74. The summed E-state index contributed by atoms with van der Waals surface area (Å²) in [5.41, 5.74) is 1.77. The zero-order chi connectivity index (χ0) is 19.4. The van der Waals surface area contributed by atoms with Gasteiger partial charge >= 0.3 is 5.91 Å². The molecule has 142 valence electrons. The van der Waals surface area contributed by atoms with Gasteiger partial charge in [-0.25, -0.2) is 0 Å². The molecule has 3 rings (SSSR count). The van der Waals surface area contributed by atoms with Crippen LogP contribution in [0.2, 0.25) is 0 Å². The van der Waals surface area contributed by atoms with Crippen molar-refractivity contribution in [2.75, 3.05) is 18.5 Å². The van der Waals surface area contributed by atoms with Crippen LogP contribution in [-0.4, -0.2) is 34.8 Å². The van der Waals surface area contributed by atoms with Crippen LogP contribution in [0.3, 0.4) is 0 Å². The molecule has 0 spiro atoms. The number of anilines is 1. The molecule has 0 saturated heterocycles. The van der Waals surface area contributed by atoms with Gasteiger partial charge in [0.25, 0.3) is 0 Å². The lowest BCUT2D eigenvalue weighted by molar-refractivity contribution is -0.114. The van der Waals surface area contributed by atoms with E-state index in [2.05, 4.69) is 15.5 Å². The first-order chi connectivity index (χ1) is 13.0. The van der Waals surface area contributed by atoms with Crippen LogP contribution >= 0.6 is 11.3 Å². The summed E-state index contributed by atoms with van der Waals surface area (Å²) in [6.45, 7) is 6.77. The average molecular weight is 388 g/mol. The summed E-state index contributed by atoms with van der Waals surface area (Å²) < 4.78 is 13.2. The highest BCUT2D eigenvalue weighted by Gasteiger charge is 2.13. The molecule has 0 bridgehead atoms. The van der Waals surface area contributed by atoms with Crippen molar-refractivity contribution in [3.63, 3.8) is 0 Å². The number of nitrogens with zero attached hydrogens (tertiary/aromatic N) is 3. The van der Waals surface area contributed by atoms with E-state index in [4.69, 9.17) is 9.26 Å². The van der Waals surface area contributed by atoms with Crippen LogP contribution in [0.15, 0.2) is 33.8 Å². The van der Waals surface area contributed by atoms with E-state index < -0.39 is 5.91 Å². The van der Waals surface area contributed by atoms with Gasteiger partial charge in [-0.3, -0.25) is 9.59 Å². The molecule has 2 heterocycles. The zero-order valence-electron chi connectivity index (χ0n) is 15.3. The number of rotatable bonds is 6. The number of hydrogen-bond donors (Lipinski definition) is 1. The van der Waals surface area contributed by atoms with Gasteiger partial charge in [0.2, 0.25) is 5.91 Å². The van der Waals surface area contributed by atoms with Crippen LogP contribution in [0, 0.1) is 6.92 Å². The molecule has 27 heavy (non-hydrogen) atoms. The van der Waals surface area contributed by atoms with Gasteiger partial charge in [-0.1, -0.05) is 16.5 Å². The lowest BCUT2D eigenvalue weighted by atomic mass is 10.3. The maximum Gasteiger partial charge on any atom is 0.301 e. The van der Waals surface area contributed by atoms with Crippen LogP contribution in [0.4, 0.5) is 5.69 Å². The predicted molar refractivity (Wildman–Crippen MR) is 102 cm³/mol. The molecule has 0 saturated carbocycles. The van der Waals surface area contributed by atoms with Gasteiger partial charge in [0.1, 0.15) is 5.76 Å². The fourth-order valence-electron chi connectivity index (χ4n) is 2.57. The van der Waals surface area contributed by atoms with Gasteiger partial charge in [-0.05, 0) is 32.0 Å². The van der Waals surface area contributed by atoms with Gasteiger partial charge in [-0.2, -0.15) is 4.99 Å². The third-order valence-corrected chi connectivity index (χ3v) is 4.75. The fourth-order valence-corrected chi connectivity index (χ4v) is 3.66. The topological polar surface area (TPSA) is 98.7 Å². The number of carbonyl (C=O) groups is 2. The normalized spacial score (nSPS) is 11.9. The molecule has 0 unspecified atom stereocenters. The van der Waals surface area contributed by atoms with Gasteiger partial charge in [0, 0.05) is 31.8 Å². The summed E-state index contributed by atoms with van der Waals surface area (Å²) in [5, 5.41) is 6.48. The number of fused-ring (bicyclic) bond motifs is 1. The summed E-state index contributed by atoms with van der Waals surface area (Å²) in [6.07, 6.45) is 0. The Hall–Kier alpha value is -2.78. The number of carbonyl (C=O) groups excluding carboxylic acids is 2. The summed E-state index contributed by atoms with van der Waals surface area (Å²) >= 11 is 1.36. The monoisotopic (exact) mass is 388 g/mol. The minimum atomic E-state index is -0.467. The molecule has 2 aromatic heterocycles. The van der Waals surface area contributed by atoms with E-state index in [-0.39, 0.29) is 11.6 Å². The standard InChI is InChI=1S/C18H20N4O4S/c1-4-25-8-7-22-15-6-5-13(19-12(3)23)10-16(15)27-18(22)20-17(24)14-9-11(2)26-21-14/h5-6,9-10H,4,7-8H2,1-3H3,(H,19,23). The zero-order valence-corrected chi connectivity index (χ0v) is 16.1. The van der Waals surface area contributed by atoms with E-state index in [1.165, 1.54) is 18.3 Å². The number of benzene rings is 1. The second kappa shape index (κ2) is 8.28. The molecular formula is C18H20N4O4S. The van der Waals surface area contributed by atoms with Gasteiger partial charge in [-0.15, -0.1) is 0 Å². The molecule has 1 aromatic carbocycles. The molecular weight excluding hydrogens is 368 g/mol. The van der Waals surface area contributed by atoms with E-state index in [1.807, 2.05) is 29.7 Å². The Morgan fingerprint density at radius 1 is 1.37 bits per heavy atom. The van der Waals surface area contributed by atoms with Crippen molar-refractivity contribution in [3.8, 4) is 0 Å². The minimum Gasteiger partial charge on any atom is -0.380 e. The SMILES string of the molecule is CCOCCn1c(=NC(=O)c2cc(C)on2)sc2cc(NC(C)=O)ccc21. The van der Waals surface area contributed by atoms with Crippen LogP contribution < -0.4 is 10.1 Å². The Morgan fingerprint density at radius 3 is 2.85 bits per heavy atom. The van der Waals surface area contributed by atoms with Crippen LogP contribution in [0.5, 0.6) is 0 Å². The highest BCUT2D eigenvalue weighted by atomic mass is 32.1. The molecule has 2 amide bonds. The third-order valence-electron chi connectivity index (χ3n) is 3.71. The van der Waals surface area contributed by atoms with Crippen molar-refractivity contribution in [1.82, 2.24) is 9.72 Å². The molecule has 0 fully saturated rings. The second-order valence-electron chi connectivity index (χ2n) is 5.84. The number of aromatic nitrogens is 2. The molecule has 0 atom stereocenters. The number of thiazole rings is 1. The number of ether oxygens (including phenoxy) is 1. The van der Waals surface area contributed by atoms with Crippen LogP contribution in [-0.2, 0) is 16.1 Å². The quantitative estimate of drug-likeness (QED) is 0.655. The summed E-state index contributed by atoms with van der Waals surface area (Å²) in [6, 6.07) is 7.13. The molecule has 0 aliphatic carbocycles. The number of nitrogens with one attached hydrogen (secondary N) is 1. The van der Waals surface area contributed by atoms with E-state index in [1.54, 1.807) is 13.0 Å². The maximum atomic E-state index is 12.4. The Kier molecular flexibility index (Phi) is 5.82. The van der Waals surface area contributed by atoms with Crippen molar-refractivity contribution in [1.29, 1.82) is 0 Å². The molecule has 1 N–H and O–H groups in total. The van der Waals surface area contributed by atoms with Crippen molar-refractivity contribution in [2.24, 2.45) is 4.99 Å². The summed E-state index contributed by atoms with van der Waals surface area (Å²) in [7, 11) is 0. The molecule has 0 aliphatic heterocycles. The molecule has 3 aromatic rings. The molecule has 0 radical (unpaired) electrons. The van der Waals surface area contributed by atoms with Crippen molar-refractivity contribution >= 4 is 39.1 Å². The highest BCUT2D eigenvalue weighted by Crippen LogP contribution is 2.22. The van der Waals surface area contributed by atoms with Crippen molar-refractivity contribution < 1.29 is 18.8 Å². The number of amides is 2. The van der Waals surface area contributed by atoms with Gasteiger partial charge in [0.05, 0.1) is 16.8 Å². The summed E-state index contributed by atoms with van der Waals surface area (Å²) in [5.74, 6) is -0.0590. The molecule has 9 heteroatoms.